The number of amides is 1. The lowest BCUT2D eigenvalue weighted by Crippen LogP contribution is -2.35. The van der Waals surface area contributed by atoms with E-state index in [9.17, 15) is 4.79 Å². The van der Waals surface area contributed by atoms with Crippen LogP contribution < -0.4 is 5.32 Å². The zero-order chi connectivity index (χ0) is 17.7. The number of rotatable bonds is 2. The lowest BCUT2D eigenvalue weighted by atomic mass is 9.89. The summed E-state index contributed by atoms with van der Waals surface area (Å²) in [6, 6.07) is 16.4. The number of likely N-dealkylation sites (tertiary alicyclic amines) is 1. The number of aryl methyl sites for hydroxylation is 1. The fraction of sp³-hybridized carbons (Fsp3) is 0.333. The van der Waals surface area contributed by atoms with Crippen LogP contribution in [0.3, 0.4) is 0 Å². The number of fused-ring (bicyclic) bond motifs is 2. The normalized spacial score (nSPS) is 25.0. The highest BCUT2D eigenvalue weighted by Gasteiger charge is 2.47. The highest BCUT2D eigenvalue weighted by molar-refractivity contribution is 5.95. The summed E-state index contributed by atoms with van der Waals surface area (Å²) in [5.41, 5.74) is 2.61. The van der Waals surface area contributed by atoms with Crippen LogP contribution in [0.25, 0.3) is 11.0 Å². The van der Waals surface area contributed by atoms with Crippen molar-refractivity contribution in [2.45, 2.75) is 6.04 Å². The number of carbonyl (C=O) groups excluding carboxylic acids is 1. The van der Waals surface area contributed by atoms with Crippen LogP contribution in [0.1, 0.15) is 22.1 Å². The average Bonchev–Trinajstić information content (AvgIpc) is 3.36. The van der Waals surface area contributed by atoms with E-state index in [2.05, 4.69) is 34.6 Å². The number of aromatic nitrogens is 2. The van der Waals surface area contributed by atoms with Gasteiger partial charge < -0.3 is 14.8 Å². The molecule has 0 bridgehead atoms. The number of pyridine rings is 1. The van der Waals surface area contributed by atoms with Crippen molar-refractivity contribution < 1.29 is 4.79 Å². The maximum atomic E-state index is 13.4. The van der Waals surface area contributed by atoms with Crippen LogP contribution in [0.4, 0.5) is 0 Å². The summed E-state index contributed by atoms with van der Waals surface area (Å²) in [5, 5.41) is 4.56. The summed E-state index contributed by atoms with van der Waals surface area (Å²) in [5.74, 6) is 1.03. The predicted octanol–water partition coefficient (Wildman–Crippen LogP) is 2.61. The maximum absolute atomic E-state index is 13.4. The quantitative estimate of drug-likeness (QED) is 0.776. The second kappa shape index (κ2) is 5.95. The van der Waals surface area contributed by atoms with Crippen LogP contribution in [0, 0.1) is 11.8 Å². The topological polar surface area (TPSA) is 50.2 Å². The van der Waals surface area contributed by atoms with Crippen molar-refractivity contribution in [3.8, 4) is 0 Å². The standard InChI is InChI=1S/C21H22N4O/c1-24-10-9-15-7-8-18(23-20(15)24)21(26)25-13-16-11-22-12-17(16)19(25)14-5-3-2-4-6-14/h2-10,16-17,19,22H,11-13H2,1H3/t16-,17-,19+/m0/s1. The van der Waals surface area contributed by atoms with E-state index in [4.69, 9.17) is 0 Å². The maximum Gasteiger partial charge on any atom is 0.273 e. The Balaban J connectivity index is 1.54. The van der Waals surface area contributed by atoms with Crippen molar-refractivity contribution in [1.29, 1.82) is 0 Å². The van der Waals surface area contributed by atoms with Gasteiger partial charge in [-0.3, -0.25) is 4.79 Å². The molecule has 3 aromatic rings. The molecule has 1 N–H and O–H groups in total. The highest BCUT2D eigenvalue weighted by atomic mass is 16.2. The molecule has 2 aliphatic heterocycles. The van der Waals surface area contributed by atoms with E-state index >= 15 is 0 Å². The second-order valence-corrected chi connectivity index (χ2v) is 7.43. The molecule has 132 valence electrons. The van der Waals surface area contributed by atoms with Gasteiger partial charge in [0.15, 0.2) is 0 Å². The van der Waals surface area contributed by atoms with Gasteiger partial charge in [-0.2, -0.15) is 0 Å². The lowest BCUT2D eigenvalue weighted by molar-refractivity contribution is 0.0708. The summed E-state index contributed by atoms with van der Waals surface area (Å²) in [6.45, 7) is 2.75. The SMILES string of the molecule is Cn1ccc2ccc(C(=O)N3C[C@@H]4CNC[C@@H]4[C@H]3c3ccccc3)nc21. The van der Waals surface area contributed by atoms with Crippen molar-refractivity contribution in [3.63, 3.8) is 0 Å². The Morgan fingerprint density at radius 3 is 2.81 bits per heavy atom. The third kappa shape index (κ3) is 2.35. The fourth-order valence-electron chi connectivity index (χ4n) is 4.61. The third-order valence-corrected chi connectivity index (χ3v) is 5.90. The smallest absolute Gasteiger partial charge is 0.273 e. The van der Waals surface area contributed by atoms with Crippen LogP contribution in [0.2, 0.25) is 0 Å². The zero-order valence-electron chi connectivity index (χ0n) is 14.8. The Kier molecular flexibility index (Phi) is 3.57. The van der Waals surface area contributed by atoms with E-state index in [1.54, 1.807) is 0 Å². The van der Waals surface area contributed by atoms with Gasteiger partial charge in [-0.15, -0.1) is 0 Å². The largest absolute Gasteiger partial charge is 0.336 e. The minimum Gasteiger partial charge on any atom is -0.336 e. The van der Waals surface area contributed by atoms with Crippen LogP contribution >= 0.6 is 0 Å². The van der Waals surface area contributed by atoms with Crippen LogP contribution in [-0.2, 0) is 7.05 Å². The van der Waals surface area contributed by atoms with Crippen molar-refractivity contribution in [3.05, 3.63) is 66.0 Å². The first-order valence-electron chi connectivity index (χ1n) is 9.21. The first-order chi connectivity index (χ1) is 12.7. The number of nitrogens with zero attached hydrogens (tertiary/aromatic N) is 3. The summed E-state index contributed by atoms with van der Waals surface area (Å²) >= 11 is 0. The molecule has 26 heavy (non-hydrogen) atoms. The molecule has 5 nitrogen and oxygen atoms in total. The molecule has 4 heterocycles. The average molecular weight is 346 g/mol. The molecule has 0 radical (unpaired) electrons. The molecule has 1 aromatic carbocycles. The number of benzene rings is 1. The monoisotopic (exact) mass is 346 g/mol. The Hall–Kier alpha value is -2.66. The number of hydrogen-bond donors (Lipinski definition) is 1. The van der Waals surface area contributed by atoms with Crippen LogP contribution in [-0.4, -0.2) is 40.0 Å². The van der Waals surface area contributed by atoms with Gasteiger partial charge in [0.1, 0.15) is 11.3 Å². The van der Waals surface area contributed by atoms with Gasteiger partial charge in [-0.25, -0.2) is 4.98 Å². The van der Waals surface area contributed by atoms with E-state index in [0.29, 0.717) is 17.5 Å². The molecule has 0 aliphatic carbocycles. The third-order valence-electron chi connectivity index (χ3n) is 5.90. The van der Waals surface area contributed by atoms with E-state index in [-0.39, 0.29) is 11.9 Å². The van der Waals surface area contributed by atoms with Gasteiger partial charge in [0.2, 0.25) is 0 Å². The molecule has 5 rings (SSSR count). The lowest BCUT2D eigenvalue weighted by Gasteiger charge is -2.28. The minimum absolute atomic E-state index is 0.0383. The van der Waals surface area contributed by atoms with Gasteiger partial charge in [0.25, 0.3) is 5.91 Å². The molecule has 2 saturated heterocycles. The van der Waals surface area contributed by atoms with Crippen molar-refractivity contribution in [2.24, 2.45) is 18.9 Å². The first-order valence-corrected chi connectivity index (χ1v) is 9.21. The predicted molar refractivity (Wildman–Crippen MR) is 101 cm³/mol. The molecule has 2 aliphatic rings. The van der Waals surface area contributed by atoms with Gasteiger partial charge in [-0.05, 0) is 29.7 Å². The van der Waals surface area contributed by atoms with E-state index in [0.717, 1.165) is 30.7 Å². The van der Waals surface area contributed by atoms with Gasteiger partial charge >= 0.3 is 0 Å². The molecule has 0 spiro atoms. The molecule has 1 amide bonds. The van der Waals surface area contributed by atoms with Gasteiger partial charge in [0, 0.05) is 44.2 Å². The van der Waals surface area contributed by atoms with E-state index in [1.165, 1.54) is 5.56 Å². The fourth-order valence-corrected chi connectivity index (χ4v) is 4.61. The zero-order valence-corrected chi connectivity index (χ0v) is 14.8. The van der Waals surface area contributed by atoms with Gasteiger partial charge in [-0.1, -0.05) is 30.3 Å². The Morgan fingerprint density at radius 2 is 1.96 bits per heavy atom. The molecule has 0 saturated carbocycles. The van der Waals surface area contributed by atoms with E-state index < -0.39 is 0 Å². The number of nitrogens with one attached hydrogen (secondary N) is 1. The summed E-state index contributed by atoms with van der Waals surface area (Å²) < 4.78 is 1.96. The van der Waals surface area contributed by atoms with Crippen molar-refractivity contribution in [1.82, 2.24) is 19.8 Å². The summed E-state index contributed by atoms with van der Waals surface area (Å²) in [7, 11) is 1.96. The number of carbonyl (C=O) groups is 1. The molecule has 2 aromatic heterocycles. The van der Waals surface area contributed by atoms with Crippen molar-refractivity contribution >= 4 is 16.9 Å². The first kappa shape index (κ1) is 15.6. The molecule has 3 atom stereocenters. The second-order valence-electron chi connectivity index (χ2n) is 7.43. The molecule has 2 fully saturated rings. The molecule has 5 heteroatoms. The molecule has 0 unspecified atom stereocenters. The van der Waals surface area contributed by atoms with Crippen LogP contribution in [0.5, 0.6) is 0 Å². The Morgan fingerprint density at radius 1 is 1.12 bits per heavy atom. The number of hydrogen-bond acceptors (Lipinski definition) is 3. The Labute approximate surface area is 152 Å². The van der Waals surface area contributed by atoms with Crippen molar-refractivity contribution in [2.75, 3.05) is 19.6 Å². The van der Waals surface area contributed by atoms with E-state index in [1.807, 2.05) is 47.0 Å². The Bertz CT molecular complexity index is 965. The molecular formula is C21H22N4O. The summed E-state index contributed by atoms with van der Waals surface area (Å²) in [4.78, 5) is 20.1. The highest BCUT2D eigenvalue weighted by Crippen LogP contribution is 2.43. The van der Waals surface area contributed by atoms with Crippen LogP contribution in [0.15, 0.2) is 54.7 Å². The minimum atomic E-state index is 0.0383. The molecular weight excluding hydrogens is 324 g/mol. The summed E-state index contributed by atoms with van der Waals surface area (Å²) in [6.07, 6.45) is 1.98. The van der Waals surface area contributed by atoms with Gasteiger partial charge in [0.05, 0.1) is 6.04 Å².